The Labute approximate surface area is 170 Å². The molecule has 5 heteroatoms. The second-order valence-corrected chi connectivity index (χ2v) is 6.54. The van der Waals surface area contributed by atoms with Crippen LogP contribution in [0.5, 0.6) is 11.5 Å². The van der Waals surface area contributed by atoms with Gasteiger partial charge in [-0.1, -0.05) is 42.5 Å². The number of amides is 1. The van der Waals surface area contributed by atoms with E-state index in [4.69, 9.17) is 9.47 Å². The van der Waals surface area contributed by atoms with E-state index in [2.05, 4.69) is 5.32 Å². The number of para-hydroxylation sites is 1. The first-order chi connectivity index (χ1) is 14.1. The van der Waals surface area contributed by atoms with Crippen molar-refractivity contribution in [1.29, 1.82) is 0 Å². The van der Waals surface area contributed by atoms with Crippen LogP contribution in [-0.2, 0) is 13.2 Å². The van der Waals surface area contributed by atoms with E-state index in [0.717, 1.165) is 11.1 Å². The number of hydrogen-bond acceptors (Lipinski definition) is 4. The first-order valence-corrected chi connectivity index (χ1v) is 9.30. The molecule has 0 bridgehead atoms. The predicted molar refractivity (Wildman–Crippen MR) is 111 cm³/mol. The van der Waals surface area contributed by atoms with Crippen molar-refractivity contribution < 1.29 is 19.1 Å². The largest absolute Gasteiger partial charge is 0.496 e. The molecule has 0 unspecified atom stereocenters. The molecular weight excluding hydrogens is 366 g/mol. The molecule has 3 aromatic carbocycles. The molecule has 29 heavy (non-hydrogen) atoms. The Hall–Kier alpha value is -3.60. The van der Waals surface area contributed by atoms with Crippen LogP contribution in [0.4, 0.5) is 0 Å². The molecule has 0 saturated heterocycles. The number of hydrogen-bond donors (Lipinski definition) is 1. The third-order valence-electron chi connectivity index (χ3n) is 4.50. The van der Waals surface area contributed by atoms with Gasteiger partial charge in [0.15, 0.2) is 5.78 Å². The maximum absolute atomic E-state index is 12.7. The molecule has 0 aliphatic carbocycles. The molecule has 0 heterocycles. The second kappa shape index (κ2) is 9.55. The lowest BCUT2D eigenvalue weighted by atomic mass is 10.1. The molecule has 0 fully saturated rings. The number of methoxy groups -OCH3 is 1. The van der Waals surface area contributed by atoms with Crippen molar-refractivity contribution in [2.45, 2.75) is 20.1 Å². The van der Waals surface area contributed by atoms with Crippen LogP contribution in [0.3, 0.4) is 0 Å². The Morgan fingerprint density at radius 1 is 0.897 bits per heavy atom. The van der Waals surface area contributed by atoms with Crippen molar-refractivity contribution in [3.05, 3.63) is 95.1 Å². The Balaban J connectivity index is 1.73. The predicted octanol–water partition coefficient (Wildman–Crippen LogP) is 4.41. The van der Waals surface area contributed by atoms with Crippen LogP contribution in [0.15, 0.2) is 72.8 Å². The fraction of sp³-hybridized carbons (Fsp3) is 0.167. The molecule has 0 aliphatic heterocycles. The van der Waals surface area contributed by atoms with Crippen molar-refractivity contribution in [1.82, 2.24) is 5.32 Å². The number of carbonyl (C=O) groups excluding carboxylic acids is 2. The van der Waals surface area contributed by atoms with Gasteiger partial charge >= 0.3 is 0 Å². The second-order valence-electron chi connectivity index (χ2n) is 6.54. The zero-order valence-corrected chi connectivity index (χ0v) is 16.5. The maximum atomic E-state index is 12.7. The van der Waals surface area contributed by atoms with E-state index in [-0.39, 0.29) is 18.3 Å². The summed E-state index contributed by atoms with van der Waals surface area (Å²) >= 11 is 0. The minimum Gasteiger partial charge on any atom is -0.496 e. The molecule has 0 spiro atoms. The van der Waals surface area contributed by atoms with Gasteiger partial charge in [0.25, 0.3) is 5.91 Å². The van der Waals surface area contributed by atoms with Crippen molar-refractivity contribution in [2.24, 2.45) is 0 Å². The normalized spacial score (nSPS) is 10.3. The molecule has 3 aromatic rings. The van der Waals surface area contributed by atoms with Crippen LogP contribution >= 0.6 is 0 Å². The summed E-state index contributed by atoms with van der Waals surface area (Å²) in [6.45, 7) is 2.12. The minimum atomic E-state index is -0.214. The Bertz CT molecular complexity index is 999. The van der Waals surface area contributed by atoms with Gasteiger partial charge in [0.05, 0.1) is 12.7 Å². The fourth-order valence-corrected chi connectivity index (χ4v) is 2.92. The highest BCUT2D eigenvalue weighted by atomic mass is 16.5. The third kappa shape index (κ3) is 5.23. The molecule has 3 rings (SSSR count). The summed E-state index contributed by atoms with van der Waals surface area (Å²) < 4.78 is 11.3. The van der Waals surface area contributed by atoms with Gasteiger partial charge in [-0.3, -0.25) is 9.59 Å². The van der Waals surface area contributed by atoms with E-state index in [1.54, 1.807) is 43.5 Å². The average Bonchev–Trinajstić information content (AvgIpc) is 2.76. The third-order valence-corrected chi connectivity index (χ3v) is 4.50. The van der Waals surface area contributed by atoms with E-state index in [1.165, 1.54) is 6.92 Å². The summed E-state index contributed by atoms with van der Waals surface area (Å²) in [6.07, 6.45) is 0. The average molecular weight is 389 g/mol. The number of rotatable bonds is 8. The Morgan fingerprint density at radius 3 is 2.34 bits per heavy atom. The zero-order chi connectivity index (χ0) is 20.6. The Kier molecular flexibility index (Phi) is 6.63. The van der Waals surface area contributed by atoms with Gasteiger partial charge in [-0.2, -0.15) is 0 Å². The smallest absolute Gasteiger partial charge is 0.255 e. The van der Waals surface area contributed by atoms with E-state index < -0.39 is 0 Å². The minimum absolute atomic E-state index is 0.0328. The van der Waals surface area contributed by atoms with Gasteiger partial charge in [0, 0.05) is 17.7 Å². The number of ketones is 1. The standard InChI is InChI=1S/C24H23NO4/c1-17(26)19-12-13-22(28-2)20(14-19)16-29-23-11-7-6-10-21(23)24(27)25-15-18-8-4-3-5-9-18/h3-14H,15-16H2,1-2H3,(H,25,27). The first kappa shape index (κ1) is 20.1. The number of benzene rings is 3. The SMILES string of the molecule is COc1ccc(C(C)=O)cc1COc1ccccc1C(=O)NCc1ccccc1. The summed E-state index contributed by atoms with van der Waals surface area (Å²) in [6, 6.07) is 22.0. The lowest BCUT2D eigenvalue weighted by Crippen LogP contribution is -2.23. The van der Waals surface area contributed by atoms with Gasteiger partial charge in [0.1, 0.15) is 18.1 Å². The quantitative estimate of drug-likeness (QED) is 0.580. The Morgan fingerprint density at radius 2 is 1.62 bits per heavy atom. The van der Waals surface area contributed by atoms with Gasteiger partial charge in [-0.15, -0.1) is 0 Å². The van der Waals surface area contributed by atoms with Crippen LogP contribution in [0.2, 0.25) is 0 Å². The number of carbonyl (C=O) groups is 2. The summed E-state index contributed by atoms with van der Waals surface area (Å²) in [7, 11) is 1.57. The van der Waals surface area contributed by atoms with Gasteiger partial charge in [0.2, 0.25) is 0 Å². The van der Waals surface area contributed by atoms with E-state index in [0.29, 0.717) is 29.2 Å². The van der Waals surface area contributed by atoms with E-state index in [9.17, 15) is 9.59 Å². The molecule has 0 atom stereocenters. The molecule has 148 valence electrons. The monoisotopic (exact) mass is 389 g/mol. The highest BCUT2D eigenvalue weighted by Crippen LogP contribution is 2.24. The zero-order valence-electron chi connectivity index (χ0n) is 16.5. The molecular formula is C24H23NO4. The summed E-state index contributed by atoms with van der Waals surface area (Å²) in [5.41, 5.74) is 2.79. The molecule has 0 radical (unpaired) electrons. The van der Waals surface area contributed by atoms with Crippen LogP contribution < -0.4 is 14.8 Å². The topological polar surface area (TPSA) is 64.6 Å². The van der Waals surface area contributed by atoms with Crippen LogP contribution in [-0.4, -0.2) is 18.8 Å². The van der Waals surface area contributed by atoms with Crippen LogP contribution in [0.25, 0.3) is 0 Å². The summed E-state index contributed by atoms with van der Waals surface area (Å²) in [5.74, 6) is 0.845. The maximum Gasteiger partial charge on any atom is 0.255 e. The molecule has 0 aromatic heterocycles. The van der Waals surface area contributed by atoms with E-state index >= 15 is 0 Å². The number of Topliss-reactive ketones (excluding diaryl/α,β-unsaturated/α-hetero) is 1. The first-order valence-electron chi connectivity index (χ1n) is 9.30. The number of ether oxygens (including phenoxy) is 2. The molecule has 0 aliphatic rings. The molecule has 1 N–H and O–H groups in total. The summed E-state index contributed by atoms with van der Waals surface area (Å²) in [4.78, 5) is 24.3. The highest BCUT2D eigenvalue weighted by molar-refractivity contribution is 5.97. The molecule has 0 saturated carbocycles. The summed E-state index contributed by atoms with van der Waals surface area (Å²) in [5, 5.41) is 2.91. The highest BCUT2D eigenvalue weighted by Gasteiger charge is 2.14. The van der Waals surface area contributed by atoms with Gasteiger partial charge in [-0.25, -0.2) is 0 Å². The van der Waals surface area contributed by atoms with Crippen LogP contribution in [0, 0.1) is 0 Å². The van der Waals surface area contributed by atoms with Crippen molar-refractivity contribution in [2.75, 3.05) is 7.11 Å². The van der Waals surface area contributed by atoms with Gasteiger partial charge < -0.3 is 14.8 Å². The fourth-order valence-electron chi connectivity index (χ4n) is 2.92. The lowest BCUT2D eigenvalue weighted by molar-refractivity contribution is 0.0945. The van der Waals surface area contributed by atoms with E-state index in [1.807, 2.05) is 36.4 Å². The van der Waals surface area contributed by atoms with Crippen molar-refractivity contribution >= 4 is 11.7 Å². The number of nitrogens with one attached hydrogen (secondary N) is 1. The lowest BCUT2D eigenvalue weighted by Gasteiger charge is -2.14. The van der Waals surface area contributed by atoms with Gasteiger partial charge in [-0.05, 0) is 42.8 Å². The molecule has 5 nitrogen and oxygen atoms in total. The molecule has 1 amide bonds. The van der Waals surface area contributed by atoms with Crippen molar-refractivity contribution in [3.63, 3.8) is 0 Å². The van der Waals surface area contributed by atoms with Crippen molar-refractivity contribution in [3.8, 4) is 11.5 Å². The van der Waals surface area contributed by atoms with Crippen LogP contribution in [0.1, 0.15) is 38.8 Å².